The van der Waals surface area contributed by atoms with Gasteiger partial charge in [0.2, 0.25) is 11.7 Å². The van der Waals surface area contributed by atoms with Gasteiger partial charge in [-0.05, 0) is 55.7 Å². The molecule has 0 spiro atoms. The third kappa shape index (κ3) is 3.56. The van der Waals surface area contributed by atoms with Crippen LogP contribution in [-0.2, 0) is 0 Å². The van der Waals surface area contributed by atoms with Gasteiger partial charge in [-0.1, -0.05) is 17.6 Å². The van der Waals surface area contributed by atoms with E-state index in [0.29, 0.717) is 23.2 Å². The Labute approximate surface area is 150 Å². The summed E-state index contributed by atoms with van der Waals surface area (Å²) >= 11 is 0. The number of pyridine rings is 1. The Morgan fingerprint density at radius 1 is 1.12 bits per heavy atom. The van der Waals surface area contributed by atoms with Crippen molar-refractivity contribution < 1.29 is 9.32 Å². The van der Waals surface area contributed by atoms with Gasteiger partial charge in [-0.15, -0.1) is 0 Å². The van der Waals surface area contributed by atoms with E-state index in [1.54, 1.807) is 24.4 Å². The number of carbonyl (C=O) groups excluding carboxylic acids is 1. The van der Waals surface area contributed by atoms with Crippen molar-refractivity contribution in [2.45, 2.75) is 32.1 Å². The molecule has 2 N–H and O–H groups in total. The van der Waals surface area contributed by atoms with Crippen molar-refractivity contribution in [3.8, 4) is 11.4 Å². The van der Waals surface area contributed by atoms with E-state index < -0.39 is 0 Å². The van der Waals surface area contributed by atoms with Gasteiger partial charge >= 0.3 is 6.03 Å². The van der Waals surface area contributed by atoms with E-state index in [9.17, 15) is 4.79 Å². The largest absolute Gasteiger partial charge is 0.339 e. The lowest BCUT2D eigenvalue weighted by atomic mass is 9.85. The average molecular weight is 349 g/mol. The number of hydrogen-bond donors (Lipinski definition) is 2. The molecule has 0 radical (unpaired) electrons. The highest BCUT2D eigenvalue weighted by Crippen LogP contribution is 2.36. The number of amides is 2. The first-order chi connectivity index (χ1) is 12.7. The number of rotatable bonds is 4. The molecule has 3 aromatic rings. The van der Waals surface area contributed by atoms with Gasteiger partial charge in [-0.3, -0.25) is 5.32 Å². The second kappa shape index (κ2) is 6.95. The third-order valence-corrected chi connectivity index (χ3v) is 4.45. The van der Waals surface area contributed by atoms with Crippen LogP contribution in [0.1, 0.15) is 36.6 Å². The molecular weight excluding hydrogens is 330 g/mol. The fourth-order valence-electron chi connectivity index (χ4n) is 2.70. The summed E-state index contributed by atoms with van der Waals surface area (Å²) in [6, 6.07) is 10.6. The molecule has 7 heteroatoms. The van der Waals surface area contributed by atoms with Crippen molar-refractivity contribution in [1.82, 2.24) is 15.1 Å². The standard InChI is InChI=1S/C19H19N5O2/c1-12-5-10-16(20-11-12)22-19(25)21-15-8-6-13(7-9-15)17-23-18(26-24-17)14-3-2-4-14/h5-11,14H,2-4H2,1H3,(H2,20,21,22,25). The molecule has 0 atom stereocenters. The fourth-order valence-corrected chi connectivity index (χ4v) is 2.70. The number of aryl methyl sites for hydroxylation is 1. The van der Waals surface area contributed by atoms with Gasteiger partial charge in [-0.2, -0.15) is 4.98 Å². The first kappa shape index (κ1) is 16.3. The van der Waals surface area contributed by atoms with E-state index in [1.807, 2.05) is 25.1 Å². The number of carbonyl (C=O) groups is 1. The van der Waals surface area contributed by atoms with E-state index in [1.165, 1.54) is 6.42 Å². The summed E-state index contributed by atoms with van der Waals surface area (Å²) in [7, 11) is 0. The lowest BCUT2D eigenvalue weighted by molar-refractivity contribution is 0.262. The van der Waals surface area contributed by atoms with Crippen LogP contribution in [0.4, 0.5) is 16.3 Å². The van der Waals surface area contributed by atoms with Crippen molar-refractivity contribution in [3.05, 3.63) is 54.0 Å². The topological polar surface area (TPSA) is 92.9 Å². The van der Waals surface area contributed by atoms with Crippen molar-refractivity contribution >= 4 is 17.5 Å². The highest BCUT2D eigenvalue weighted by Gasteiger charge is 2.25. The number of hydrogen-bond acceptors (Lipinski definition) is 5. The van der Waals surface area contributed by atoms with E-state index in [4.69, 9.17) is 4.52 Å². The normalized spacial score (nSPS) is 13.9. The Balaban J connectivity index is 1.38. The highest BCUT2D eigenvalue weighted by molar-refractivity contribution is 5.99. The Bertz CT molecular complexity index is 898. The van der Waals surface area contributed by atoms with E-state index in [2.05, 4.69) is 25.8 Å². The van der Waals surface area contributed by atoms with Gasteiger partial charge in [0.05, 0.1) is 0 Å². The SMILES string of the molecule is Cc1ccc(NC(=O)Nc2ccc(-c3noc(C4CCC4)n3)cc2)nc1. The predicted molar refractivity (Wildman–Crippen MR) is 97.9 cm³/mol. The monoisotopic (exact) mass is 349 g/mol. The van der Waals surface area contributed by atoms with Crippen LogP contribution in [-0.4, -0.2) is 21.2 Å². The smallest absolute Gasteiger partial charge is 0.324 e. The molecule has 26 heavy (non-hydrogen) atoms. The summed E-state index contributed by atoms with van der Waals surface area (Å²) in [5, 5.41) is 9.51. The predicted octanol–water partition coefficient (Wildman–Crippen LogP) is 4.35. The Kier molecular flexibility index (Phi) is 4.35. The molecule has 0 bridgehead atoms. The first-order valence-corrected chi connectivity index (χ1v) is 8.62. The molecule has 0 saturated heterocycles. The number of anilines is 2. The molecule has 2 amide bonds. The zero-order valence-electron chi connectivity index (χ0n) is 14.4. The van der Waals surface area contributed by atoms with Crippen molar-refractivity contribution in [2.24, 2.45) is 0 Å². The lowest BCUT2D eigenvalue weighted by Crippen LogP contribution is -2.19. The minimum Gasteiger partial charge on any atom is -0.339 e. The van der Waals surface area contributed by atoms with E-state index in [-0.39, 0.29) is 6.03 Å². The first-order valence-electron chi connectivity index (χ1n) is 8.62. The summed E-state index contributed by atoms with van der Waals surface area (Å²) < 4.78 is 5.34. The van der Waals surface area contributed by atoms with Crippen LogP contribution in [0.25, 0.3) is 11.4 Å². The average Bonchev–Trinajstić information content (AvgIpc) is 3.05. The minimum atomic E-state index is -0.346. The van der Waals surface area contributed by atoms with Crippen LogP contribution >= 0.6 is 0 Å². The zero-order chi connectivity index (χ0) is 17.9. The number of urea groups is 1. The van der Waals surface area contributed by atoms with Gasteiger partial charge < -0.3 is 9.84 Å². The Morgan fingerprint density at radius 2 is 1.92 bits per heavy atom. The molecule has 1 fully saturated rings. The maximum Gasteiger partial charge on any atom is 0.324 e. The summed E-state index contributed by atoms with van der Waals surface area (Å²) in [5.74, 6) is 2.21. The van der Waals surface area contributed by atoms with Crippen molar-refractivity contribution in [1.29, 1.82) is 0 Å². The van der Waals surface area contributed by atoms with Gasteiger partial charge in [0.1, 0.15) is 5.82 Å². The Hall–Kier alpha value is -3.22. The number of aromatic nitrogens is 3. The van der Waals surface area contributed by atoms with Gasteiger partial charge in [0.15, 0.2) is 0 Å². The minimum absolute atomic E-state index is 0.346. The second-order valence-electron chi connectivity index (χ2n) is 6.46. The molecule has 1 aromatic carbocycles. The maximum atomic E-state index is 12.0. The Morgan fingerprint density at radius 3 is 2.58 bits per heavy atom. The van der Waals surface area contributed by atoms with Crippen LogP contribution in [0.15, 0.2) is 47.1 Å². The molecule has 1 aliphatic carbocycles. The van der Waals surface area contributed by atoms with Crippen LogP contribution in [0.5, 0.6) is 0 Å². The lowest BCUT2D eigenvalue weighted by Gasteiger charge is -2.20. The van der Waals surface area contributed by atoms with Crippen LogP contribution < -0.4 is 10.6 Å². The quantitative estimate of drug-likeness (QED) is 0.730. The van der Waals surface area contributed by atoms with Crippen molar-refractivity contribution in [2.75, 3.05) is 10.6 Å². The second-order valence-corrected chi connectivity index (χ2v) is 6.46. The molecule has 7 nitrogen and oxygen atoms in total. The van der Waals surface area contributed by atoms with E-state index >= 15 is 0 Å². The molecule has 4 rings (SSSR count). The summed E-state index contributed by atoms with van der Waals surface area (Å²) in [6.45, 7) is 1.94. The molecular formula is C19H19N5O2. The molecule has 0 aliphatic heterocycles. The molecule has 1 saturated carbocycles. The van der Waals surface area contributed by atoms with Crippen LogP contribution in [0.3, 0.4) is 0 Å². The third-order valence-electron chi connectivity index (χ3n) is 4.45. The van der Waals surface area contributed by atoms with Crippen LogP contribution in [0.2, 0.25) is 0 Å². The van der Waals surface area contributed by atoms with Gasteiger partial charge in [0, 0.05) is 23.4 Å². The summed E-state index contributed by atoms with van der Waals surface area (Å²) in [5.41, 5.74) is 2.56. The number of nitrogens with one attached hydrogen (secondary N) is 2. The maximum absolute atomic E-state index is 12.0. The highest BCUT2D eigenvalue weighted by atomic mass is 16.5. The molecule has 2 heterocycles. The summed E-state index contributed by atoms with van der Waals surface area (Å²) in [6.07, 6.45) is 5.17. The zero-order valence-corrected chi connectivity index (χ0v) is 14.4. The van der Waals surface area contributed by atoms with Gasteiger partial charge in [0.25, 0.3) is 0 Å². The molecule has 132 valence electrons. The summed E-state index contributed by atoms with van der Waals surface area (Å²) in [4.78, 5) is 20.7. The van der Waals surface area contributed by atoms with Crippen molar-refractivity contribution in [3.63, 3.8) is 0 Å². The molecule has 0 unspecified atom stereocenters. The number of nitrogens with zero attached hydrogens (tertiary/aromatic N) is 3. The number of benzene rings is 1. The van der Waals surface area contributed by atoms with E-state index in [0.717, 1.165) is 29.9 Å². The molecule has 2 aromatic heterocycles. The van der Waals surface area contributed by atoms with Crippen LogP contribution in [0, 0.1) is 6.92 Å². The fraction of sp³-hybridized carbons (Fsp3) is 0.263. The molecule has 1 aliphatic rings. The van der Waals surface area contributed by atoms with Gasteiger partial charge in [-0.25, -0.2) is 9.78 Å².